The zero-order valence-electron chi connectivity index (χ0n) is 12.5. The molecule has 1 aromatic carbocycles. The van der Waals surface area contributed by atoms with Gasteiger partial charge in [-0.2, -0.15) is 0 Å². The molecule has 0 bridgehead atoms. The van der Waals surface area contributed by atoms with Crippen LogP contribution >= 0.6 is 11.6 Å². The molecule has 1 N–H and O–H groups in total. The third kappa shape index (κ3) is 4.84. The maximum Gasteiger partial charge on any atom is 0.215 e. The van der Waals surface area contributed by atoms with Crippen LogP contribution in [-0.2, 0) is 15.8 Å². The summed E-state index contributed by atoms with van der Waals surface area (Å²) in [7, 11) is 0.299. The topological polar surface area (TPSA) is 62.6 Å². The number of nitrogens with one attached hydrogen (secondary N) is 1. The third-order valence-corrected chi connectivity index (χ3v) is 4.79. The monoisotopic (exact) mass is 342 g/mol. The summed E-state index contributed by atoms with van der Waals surface area (Å²) < 4.78 is 32.4. The molecule has 2 rings (SSSR count). The van der Waals surface area contributed by atoms with Crippen molar-refractivity contribution in [2.24, 2.45) is 0 Å². The Morgan fingerprint density at radius 1 is 1.27 bits per heavy atom. The van der Waals surface area contributed by atoms with Crippen molar-refractivity contribution in [1.29, 1.82) is 0 Å². The van der Waals surface area contributed by atoms with Gasteiger partial charge in [0.05, 0.1) is 18.1 Å². The molecule has 0 saturated heterocycles. The molecule has 0 saturated carbocycles. The van der Waals surface area contributed by atoms with Crippen LogP contribution in [0.1, 0.15) is 17.4 Å². The fourth-order valence-electron chi connectivity index (χ4n) is 2.12. The molecular formula is C15H19ClN2O3S. The highest BCUT2D eigenvalue weighted by molar-refractivity contribution is 7.88. The molecule has 22 heavy (non-hydrogen) atoms. The van der Waals surface area contributed by atoms with Gasteiger partial charge in [-0.1, -0.05) is 23.7 Å². The van der Waals surface area contributed by atoms with E-state index in [1.54, 1.807) is 36.6 Å². The fraction of sp³-hybridized carbons (Fsp3) is 0.333. The Bertz CT molecular complexity index is 699. The summed E-state index contributed by atoms with van der Waals surface area (Å²) in [5.74, 6) is 0.613. The number of sulfonamides is 1. The second-order valence-corrected chi connectivity index (χ2v) is 7.48. The predicted molar refractivity (Wildman–Crippen MR) is 87.2 cm³/mol. The number of rotatable bonds is 7. The Hall–Kier alpha value is -1.34. The molecule has 0 aliphatic heterocycles. The smallest absolute Gasteiger partial charge is 0.215 e. The maximum atomic E-state index is 12.2. The lowest BCUT2D eigenvalue weighted by Crippen LogP contribution is -2.35. The van der Waals surface area contributed by atoms with Crippen LogP contribution in [-0.4, -0.2) is 34.0 Å². The quantitative estimate of drug-likeness (QED) is 0.840. The van der Waals surface area contributed by atoms with Crippen molar-refractivity contribution in [3.05, 3.63) is 59.0 Å². The summed E-state index contributed by atoms with van der Waals surface area (Å²) in [5, 5.41) is 0.523. The normalized spacial score (nSPS) is 13.5. The van der Waals surface area contributed by atoms with Crippen molar-refractivity contribution >= 4 is 21.6 Å². The summed E-state index contributed by atoms with van der Waals surface area (Å²) in [4.78, 5) is 1.90. The van der Waals surface area contributed by atoms with Gasteiger partial charge in [0.15, 0.2) is 0 Å². The lowest BCUT2D eigenvalue weighted by atomic mass is 10.2. The minimum absolute atomic E-state index is 0.105. The summed E-state index contributed by atoms with van der Waals surface area (Å²) >= 11 is 5.88. The van der Waals surface area contributed by atoms with Gasteiger partial charge in [-0.25, -0.2) is 13.1 Å². The van der Waals surface area contributed by atoms with Crippen molar-refractivity contribution in [1.82, 2.24) is 9.62 Å². The highest BCUT2D eigenvalue weighted by Gasteiger charge is 2.20. The molecule has 7 heteroatoms. The van der Waals surface area contributed by atoms with Crippen molar-refractivity contribution in [2.45, 2.75) is 11.8 Å². The van der Waals surface area contributed by atoms with Gasteiger partial charge in [0.2, 0.25) is 10.0 Å². The van der Waals surface area contributed by atoms with E-state index in [1.807, 2.05) is 25.1 Å². The van der Waals surface area contributed by atoms with Crippen LogP contribution in [0.2, 0.25) is 5.02 Å². The van der Waals surface area contributed by atoms with Gasteiger partial charge in [0, 0.05) is 11.6 Å². The average Bonchev–Trinajstić information content (AvgIpc) is 2.91. The van der Waals surface area contributed by atoms with Crippen LogP contribution in [0.4, 0.5) is 0 Å². The van der Waals surface area contributed by atoms with E-state index in [2.05, 4.69) is 4.72 Å². The van der Waals surface area contributed by atoms with Gasteiger partial charge in [-0.05, 0) is 43.9 Å². The zero-order chi connectivity index (χ0) is 16.2. The van der Waals surface area contributed by atoms with Crippen LogP contribution in [0.3, 0.4) is 0 Å². The van der Waals surface area contributed by atoms with Crippen molar-refractivity contribution < 1.29 is 12.8 Å². The molecule has 0 aliphatic carbocycles. The first-order chi connectivity index (χ1) is 10.4. The van der Waals surface area contributed by atoms with E-state index in [4.69, 9.17) is 16.0 Å². The SMILES string of the molecule is CN(C)[C@@H](CNS(=O)(=O)Cc1cccc(Cl)c1)c1ccco1. The van der Waals surface area contributed by atoms with Crippen LogP contribution < -0.4 is 4.72 Å². The Balaban J connectivity index is 2.02. The van der Waals surface area contributed by atoms with E-state index in [0.29, 0.717) is 10.6 Å². The highest BCUT2D eigenvalue weighted by Crippen LogP contribution is 2.18. The van der Waals surface area contributed by atoms with Crippen LogP contribution in [0.15, 0.2) is 47.1 Å². The molecule has 1 aromatic heterocycles. The van der Waals surface area contributed by atoms with Crippen LogP contribution in [0.25, 0.3) is 0 Å². The summed E-state index contributed by atoms with van der Waals surface area (Å²) in [6, 6.07) is 10.3. The highest BCUT2D eigenvalue weighted by atomic mass is 35.5. The summed E-state index contributed by atoms with van der Waals surface area (Å²) in [6.45, 7) is 0.239. The molecule has 0 radical (unpaired) electrons. The molecule has 0 spiro atoms. The molecule has 0 unspecified atom stereocenters. The molecular weight excluding hydrogens is 324 g/mol. The molecule has 0 amide bonds. The Morgan fingerprint density at radius 2 is 2.05 bits per heavy atom. The van der Waals surface area contributed by atoms with Gasteiger partial charge < -0.3 is 4.42 Å². The average molecular weight is 343 g/mol. The zero-order valence-corrected chi connectivity index (χ0v) is 14.1. The Morgan fingerprint density at radius 3 is 2.64 bits per heavy atom. The number of halogens is 1. The van der Waals surface area contributed by atoms with Crippen molar-refractivity contribution in [3.63, 3.8) is 0 Å². The molecule has 0 fully saturated rings. The van der Waals surface area contributed by atoms with E-state index in [9.17, 15) is 8.42 Å². The first-order valence-corrected chi connectivity index (χ1v) is 8.82. The first-order valence-electron chi connectivity index (χ1n) is 6.79. The van der Waals surface area contributed by atoms with E-state index >= 15 is 0 Å². The minimum Gasteiger partial charge on any atom is -0.468 e. The third-order valence-electron chi connectivity index (χ3n) is 3.24. The van der Waals surface area contributed by atoms with Crippen molar-refractivity contribution in [2.75, 3.05) is 20.6 Å². The van der Waals surface area contributed by atoms with E-state index in [1.165, 1.54) is 0 Å². The summed E-state index contributed by atoms with van der Waals surface area (Å²) in [6.07, 6.45) is 1.58. The van der Waals surface area contributed by atoms with Crippen molar-refractivity contribution in [3.8, 4) is 0 Å². The number of hydrogen-bond acceptors (Lipinski definition) is 4. The van der Waals surface area contributed by atoms with E-state index < -0.39 is 10.0 Å². The standard InChI is InChI=1S/C15H19ClN2O3S/c1-18(2)14(15-7-4-8-21-15)10-17-22(19,20)11-12-5-3-6-13(16)9-12/h3-9,14,17H,10-11H2,1-2H3/t14-/m0/s1. The lowest BCUT2D eigenvalue weighted by Gasteiger charge is -2.22. The second-order valence-electron chi connectivity index (χ2n) is 5.23. The lowest BCUT2D eigenvalue weighted by molar-refractivity contribution is 0.259. The Labute approximate surface area is 135 Å². The number of nitrogens with zero attached hydrogens (tertiary/aromatic N) is 1. The van der Waals surface area contributed by atoms with E-state index in [-0.39, 0.29) is 18.3 Å². The molecule has 5 nitrogen and oxygen atoms in total. The molecule has 0 aliphatic rings. The van der Waals surface area contributed by atoms with Gasteiger partial charge in [0.25, 0.3) is 0 Å². The van der Waals surface area contributed by atoms with Crippen LogP contribution in [0, 0.1) is 0 Å². The molecule has 2 aromatic rings. The predicted octanol–water partition coefficient (Wildman–Crippen LogP) is 2.66. The molecule has 120 valence electrons. The van der Waals surface area contributed by atoms with Crippen LogP contribution in [0.5, 0.6) is 0 Å². The van der Waals surface area contributed by atoms with Gasteiger partial charge in [-0.15, -0.1) is 0 Å². The number of benzene rings is 1. The largest absolute Gasteiger partial charge is 0.468 e. The van der Waals surface area contributed by atoms with Gasteiger partial charge in [0.1, 0.15) is 5.76 Å². The molecule has 1 heterocycles. The van der Waals surface area contributed by atoms with Gasteiger partial charge >= 0.3 is 0 Å². The minimum atomic E-state index is -3.45. The maximum absolute atomic E-state index is 12.2. The Kier molecular flexibility index (Phi) is 5.63. The number of hydrogen-bond donors (Lipinski definition) is 1. The fourth-order valence-corrected chi connectivity index (χ4v) is 3.47. The summed E-state index contributed by atoms with van der Waals surface area (Å²) in [5.41, 5.74) is 0.652. The van der Waals surface area contributed by atoms with E-state index in [0.717, 1.165) is 5.76 Å². The number of furan rings is 1. The molecule has 1 atom stereocenters. The first kappa shape index (κ1) is 17.0. The number of likely N-dealkylation sites (N-methyl/N-ethyl adjacent to an activating group) is 1. The van der Waals surface area contributed by atoms with Gasteiger partial charge in [-0.3, -0.25) is 4.90 Å². The second kappa shape index (κ2) is 7.28.